The molecule has 1 amide bonds. The van der Waals surface area contributed by atoms with Gasteiger partial charge in [0.1, 0.15) is 4.21 Å². The lowest BCUT2D eigenvalue weighted by atomic mass is 9.98. The van der Waals surface area contributed by atoms with E-state index < -0.39 is 16.0 Å². The van der Waals surface area contributed by atoms with Gasteiger partial charge in [0.05, 0.1) is 5.92 Å². The van der Waals surface area contributed by atoms with Crippen molar-refractivity contribution in [3.8, 4) is 0 Å². The fourth-order valence-corrected chi connectivity index (χ4v) is 5.79. The quantitative estimate of drug-likeness (QED) is 0.713. The molecule has 7 nitrogen and oxygen atoms in total. The van der Waals surface area contributed by atoms with Crippen molar-refractivity contribution in [3.63, 3.8) is 0 Å². The fourth-order valence-electron chi connectivity index (χ4n) is 3.18. The standard InChI is InChI=1S/C16H22N2O5S2/c19-14(17-7-1-2-8-17)12-23-16(20)13-5-9-18(10-6-13)25(21,22)15-4-3-11-24-15/h3-4,11,13H,1-2,5-10,12H2. The lowest BCUT2D eigenvalue weighted by Gasteiger charge is -2.29. The Labute approximate surface area is 151 Å². The highest BCUT2D eigenvalue weighted by Gasteiger charge is 2.33. The molecule has 3 heterocycles. The zero-order valence-corrected chi connectivity index (χ0v) is 15.6. The molecule has 0 spiro atoms. The van der Waals surface area contributed by atoms with Gasteiger partial charge in [-0.25, -0.2) is 8.42 Å². The van der Waals surface area contributed by atoms with Gasteiger partial charge in [-0.1, -0.05) is 6.07 Å². The zero-order chi connectivity index (χ0) is 17.9. The van der Waals surface area contributed by atoms with Crippen LogP contribution in [0.4, 0.5) is 0 Å². The number of amides is 1. The monoisotopic (exact) mass is 386 g/mol. The summed E-state index contributed by atoms with van der Waals surface area (Å²) < 4.78 is 31.8. The van der Waals surface area contributed by atoms with Crippen LogP contribution in [0.3, 0.4) is 0 Å². The Morgan fingerprint density at radius 1 is 1.16 bits per heavy atom. The van der Waals surface area contributed by atoms with Crippen molar-refractivity contribution in [2.45, 2.75) is 29.9 Å². The molecule has 9 heteroatoms. The minimum absolute atomic E-state index is 0.149. The molecule has 0 aromatic carbocycles. The van der Waals surface area contributed by atoms with Gasteiger partial charge in [-0.15, -0.1) is 11.3 Å². The molecule has 0 aliphatic carbocycles. The highest BCUT2D eigenvalue weighted by atomic mass is 32.2. The van der Waals surface area contributed by atoms with Crippen LogP contribution in [0.25, 0.3) is 0 Å². The van der Waals surface area contributed by atoms with E-state index in [1.165, 1.54) is 15.6 Å². The van der Waals surface area contributed by atoms with E-state index >= 15 is 0 Å². The maximum Gasteiger partial charge on any atom is 0.309 e. The van der Waals surface area contributed by atoms with Gasteiger partial charge in [0, 0.05) is 26.2 Å². The van der Waals surface area contributed by atoms with Crippen molar-refractivity contribution in [1.29, 1.82) is 0 Å². The molecule has 0 N–H and O–H groups in total. The third kappa shape index (κ3) is 4.21. The van der Waals surface area contributed by atoms with Crippen LogP contribution in [0.5, 0.6) is 0 Å². The third-order valence-corrected chi connectivity index (χ3v) is 7.94. The van der Waals surface area contributed by atoms with Crippen LogP contribution < -0.4 is 0 Å². The number of thiophene rings is 1. The maximum atomic E-state index is 12.5. The topological polar surface area (TPSA) is 84.0 Å². The first kappa shape index (κ1) is 18.3. The summed E-state index contributed by atoms with van der Waals surface area (Å²) in [6.07, 6.45) is 2.83. The minimum atomic E-state index is -3.47. The zero-order valence-electron chi connectivity index (χ0n) is 13.9. The Hall–Kier alpha value is -1.45. The number of nitrogens with zero attached hydrogens (tertiary/aromatic N) is 2. The van der Waals surface area contributed by atoms with E-state index in [0.29, 0.717) is 30.1 Å². The van der Waals surface area contributed by atoms with Gasteiger partial charge in [-0.2, -0.15) is 4.31 Å². The molecular weight excluding hydrogens is 364 g/mol. The largest absolute Gasteiger partial charge is 0.455 e. The first-order valence-corrected chi connectivity index (χ1v) is 10.8. The number of esters is 1. The summed E-state index contributed by atoms with van der Waals surface area (Å²) in [7, 11) is -3.47. The van der Waals surface area contributed by atoms with Crippen LogP contribution in [-0.4, -0.2) is 62.3 Å². The second kappa shape index (κ2) is 7.84. The highest BCUT2D eigenvalue weighted by molar-refractivity contribution is 7.91. The predicted octanol–water partition coefficient (Wildman–Crippen LogP) is 1.31. The minimum Gasteiger partial charge on any atom is -0.455 e. The van der Waals surface area contributed by atoms with Crippen LogP contribution in [0.1, 0.15) is 25.7 Å². The van der Waals surface area contributed by atoms with Gasteiger partial charge >= 0.3 is 5.97 Å². The Morgan fingerprint density at radius 2 is 1.84 bits per heavy atom. The number of rotatable bonds is 5. The summed E-state index contributed by atoms with van der Waals surface area (Å²) >= 11 is 1.19. The Kier molecular flexibility index (Phi) is 5.75. The molecule has 25 heavy (non-hydrogen) atoms. The van der Waals surface area contributed by atoms with E-state index in [0.717, 1.165) is 25.9 Å². The Morgan fingerprint density at radius 3 is 2.44 bits per heavy atom. The number of piperidine rings is 1. The first-order valence-electron chi connectivity index (χ1n) is 8.46. The molecule has 0 bridgehead atoms. The average molecular weight is 386 g/mol. The van der Waals surface area contributed by atoms with Crippen LogP contribution in [0, 0.1) is 5.92 Å². The third-order valence-electron chi connectivity index (χ3n) is 4.67. The summed E-state index contributed by atoms with van der Waals surface area (Å²) in [6, 6.07) is 3.30. The number of ether oxygens (including phenoxy) is 1. The van der Waals surface area contributed by atoms with Crippen molar-refractivity contribution in [2.24, 2.45) is 5.92 Å². The summed E-state index contributed by atoms with van der Waals surface area (Å²) in [5, 5.41) is 1.73. The number of hydrogen-bond donors (Lipinski definition) is 0. The highest BCUT2D eigenvalue weighted by Crippen LogP contribution is 2.26. The van der Waals surface area contributed by atoms with Gasteiger partial charge in [-0.3, -0.25) is 9.59 Å². The summed E-state index contributed by atoms with van der Waals surface area (Å²) in [6.45, 7) is 1.83. The van der Waals surface area contributed by atoms with Gasteiger partial charge < -0.3 is 9.64 Å². The van der Waals surface area contributed by atoms with Crippen LogP contribution in [-0.2, 0) is 24.3 Å². The van der Waals surface area contributed by atoms with Crippen molar-refractivity contribution in [2.75, 3.05) is 32.8 Å². The molecule has 138 valence electrons. The molecule has 2 fully saturated rings. The number of likely N-dealkylation sites (tertiary alicyclic amines) is 1. The number of hydrogen-bond acceptors (Lipinski definition) is 6. The molecule has 3 rings (SSSR count). The van der Waals surface area contributed by atoms with E-state index in [-0.39, 0.29) is 18.4 Å². The summed E-state index contributed by atoms with van der Waals surface area (Å²) in [5.74, 6) is -0.898. The second-order valence-electron chi connectivity index (χ2n) is 6.31. The lowest BCUT2D eigenvalue weighted by molar-refractivity contribution is -0.156. The van der Waals surface area contributed by atoms with Crippen LogP contribution >= 0.6 is 11.3 Å². The average Bonchev–Trinajstić information content (AvgIpc) is 3.33. The maximum absolute atomic E-state index is 12.5. The van der Waals surface area contributed by atoms with E-state index in [9.17, 15) is 18.0 Å². The smallest absolute Gasteiger partial charge is 0.309 e. The summed E-state index contributed by atoms with van der Waals surface area (Å²) in [5.41, 5.74) is 0. The molecule has 2 saturated heterocycles. The van der Waals surface area contributed by atoms with Crippen LogP contribution in [0.2, 0.25) is 0 Å². The first-order chi connectivity index (χ1) is 12.0. The van der Waals surface area contributed by atoms with Gasteiger partial charge in [-0.05, 0) is 37.1 Å². The van der Waals surface area contributed by atoms with Crippen molar-refractivity contribution < 1.29 is 22.7 Å². The predicted molar refractivity (Wildman–Crippen MR) is 92.6 cm³/mol. The Bertz CT molecular complexity index is 703. The molecule has 0 radical (unpaired) electrons. The molecule has 2 aliphatic rings. The number of sulfonamides is 1. The van der Waals surface area contributed by atoms with Crippen molar-refractivity contribution >= 4 is 33.2 Å². The Balaban J connectivity index is 1.47. The molecule has 1 aromatic heterocycles. The van der Waals surface area contributed by atoms with E-state index in [1.807, 2.05) is 0 Å². The molecule has 1 aromatic rings. The fraction of sp³-hybridized carbons (Fsp3) is 0.625. The van der Waals surface area contributed by atoms with E-state index in [2.05, 4.69) is 0 Å². The lowest BCUT2D eigenvalue weighted by Crippen LogP contribution is -2.41. The molecular formula is C16H22N2O5S2. The summed E-state index contributed by atoms with van der Waals surface area (Å²) in [4.78, 5) is 25.8. The SMILES string of the molecule is O=C(OCC(=O)N1CCCC1)C1CCN(S(=O)(=O)c2cccs2)CC1. The molecule has 2 aliphatic heterocycles. The normalized spacial score (nSPS) is 19.9. The van der Waals surface area contributed by atoms with Crippen molar-refractivity contribution in [3.05, 3.63) is 17.5 Å². The van der Waals surface area contributed by atoms with Gasteiger partial charge in [0.25, 0.3) is 15.9 Å². The molecule has 0 saturated carbocycles. The van der Waals surface area contributed by atoms with Gasteiger partial charge in [0.2, 0.25) is 0 Å². The number of carbonyl (C=O) groups is 2. The molecule has 0 atom stereocenters. The molecule has 0 unspecified atom stereocenters. The van der Waals surface area contributed by atoms with E-state index in [1.54, 1.807) is 22.4 Å². The van der Waals surface area contributed by atoms with Crippen LogP contribution in [0.15, 0.2) is 21.7 Å². The number of carbonyl (C=O) groups excluding carboxylic acids is 2. The second-order valence-corrected chi connectivity index (χ2v) is 9.42. The van der Waals surface area contributed by atoms with Gasteiger partial charge in [0.15, 0.2) is 6.61 Å². The van der Waals surface area contributed by atoms with Crippen molar-refractivity contribution in [1.82, 2.24) is 9.21 Å². The van der Waals surface area contributed by atoms with E-state index in [4.69, 9.17) is 4.74 Å².